The van der Waals surface area contributed by atoms with Crippen LogP contribution in [-0.2, 0) is 4.79 Å². The third kappa shape index (κ3) is 5.40. The van der Waals surface area contributed by atoms with Gasteiger partial charge >= 0.3 is 0 Å². The number of piperidine rings is 1. The summed E-state index contributed by atoms with van der Waals surface area (Å²) in [5.74, 6) is -0.240. The molecule has 0 spiro atoms. The Morgan fingerprint density at radius 3 is 2.46 bits per heavy atom. The van der Waals surface area contributed by atoms with Gasteiger partial charge in [0.25, 0.3) is 11.6 Å². The summed E-state index contributed by atoms with van der Waals surface area (Å²) in [6.45, 7) is 4.85. The van der Waals surface area contributed by atoms with Crippen LogP contribution in [0.5, 0.6) is 0 Å². The molecule has 1 aromatic rings. The molecule has 1 saturated heterocycles. The van der Waals surface area contributed by atoms with Crippen LogP contribution in [0.1, 0.15) is 37.0 Å². The fourth-order valence-electron chi connectivity index (χ4n) is 3.02. The molecule has 0 bridgehead atoms. The average Bonchev–Trinajstić information content (AvgIpc) is 2.61. The van der Waals surface area contributed by atoms with E-state index in [4.69, 9.17) is 5.73 Å². The molecule has 2 atom stereocenters. The summed E-state index contributed by atoms with van der Waals surface area (Å²) >= 11 is 0. The molecule has 0 saturated carbocycles. The molecule has 144 valence electrons. The number of hydrogen-bond acceptors (Lipinski definition) is 5. The maximum absolute atomic E-state index is 12.5. The van der Waals surface area contributed by atoms with Gasteiger partial charge < -0.3 is 16.0 Å². The van der Waals surface area contributed by atoms with Gasteiger partial charge in [-0.05, 0) is 38.7 Å². The van der Waals surface area contributed by atoms with E-state index in [1.807, 2.05) is 6.92 Å². The van der Waals surface area contributed by atoms with Crippen molar-refractivity contribution in [3.63, 3.8) is 0 Å². The van der Waals surface area contributed by atoms with E-state index >= 15 is 0 Å². The number of likely N-dealkylation sites (tertiary alicyclic amines) is 1. The largest absolute Gasteiger partial charge is 0.341 e. The quantitative estimate of drug-likeness (QED) is 0.591. The smallest absolute Gasteiger partial charge is 0.270 e. The average molecular weight is 385 g/mol. The zero-order valence-electron chi connectivity index (χ0n) is 14.9. The minimum Gasteiger partial charge on any atom is -0.341 e. The Kier molecular flexibility index (Phi) is 7.98. The molecule has 0 aliphatic carbocycles. The fourth-order valence-corrected chi connectivity index (χ4v) is 3.02. The number of amides is 2. The van der Waals surface area contributed by atoms with Gasteiger partial charge in [0.2, 0.25) is 5.91 Å². The number of hydrogen-bond donors (Lipinski definition) is 2. The van der Waals surface area contributed by atoms with Gasteiger partial charge in [-0.1, -0.05) is 6.07 Å². The number of nitrogens with two attached hydrogens (primary N) is 1. The van der Waals surface area contributed by atoms with E-state index in [2.05, 4.69) is 5.32 Å². The third-order valence-corrected chi connectivity index (χ3v) is 4.63. The molecule has 8 nitrogen and oxygen atoms in total. The van der Waals surface area contributed by atoms with Gasteiger partial charge in [-0.25, -0.2) is 0 Å². The molecule has 1 aromatic carbocycles. The third-order valence-electron chi connectivity index (χ3n) is 4.63. The summed E-state index contributed by atoms with van der Waals surface area (Å²) in [7, 11) is 0. The van der Waals surface area contributed by atoms with Crippen LogP contribution in [0.2, 0.25) is 0 Å². The van der Waals surface area contributed by atoms with Crippen molar-refractivity contribution in [2.24, 2.45) is 11.7 Å². The molecule has 0 aromatic heterocycles. The van der Waals surface area contributed by atoms with E-state index in [9.17, 15) is 19.7 Å². The second-order valence-corrected chi connectivity index (χ2v) is 6.52. The monoisotopic (exact) mass is 384 g/mol. The van der Waals surface area contributed by atoms with Crippen LogP contribution in [-0.4, -0.2) is 46.8 Å². The molecular formula is C17H25ClN4O4. The zero-order valence-corrected chi connectivity index (χ0v) is 15.7. The standard InChI is InChI=1S/C17H24N4O4.ClH/c1-11(18)13-6-8-20(9-7-13)17(23)12(2)19-16(22)14-4-3-5-15(10-14)21(24)25;/h3-5,10-13H,6-9,18H2,1-2H3,(H,19,22);1H. The van der Waals surface area contributed by atoms with Crippen molar-refractivity contribution < 1.29 is 14.5 Å². The Bertz CT molecular complexity index is 660. The Balaban J connectivity index is 0.00000338. The number of nitro groups is 1. The summed E-state index contributed by atoms with van der Waals surface area (Å²) in [6.07, 6.45) is 1.71. The summed E-state index contributed by atoms with van der Waals surface area (Å²) < 4.78 is 0. The number of non-ortho nitro benzene ring substituents is 1. The number of halogens is 1. The van der Waals surface area contributed by atoms with Crippen molar-refractivity contribution in [2.45, 2.75) is 38.8 Å². The van der Waals surface area contributed by atoms with E-state index in [1.165, 1.54) is 24.3 Å². The van der Waals surface area contributed by atoms with E-state index in [0.717, 1.165) is 12.8 Å². The summed E-state index contributed by atoms with van der Waals surface area (Å²) in [6, 6.07) is 4.85. The van der Waals surface area contributed by atoms with Gasteiger partial charge in [0.15, 0.2) is 0 Å². The lowest BCUT2D eigenvalue weighted by molar-refractivity contribution is -0.384. The molecular weight excluding hydrogens is 360 g/mol. The Morgan fingerprint density at radius 2 is 1.92 bits per heavy atom. The lowest BCUT2D eigenvalue weighted by Crippen LogP contribution is -2.50. The number of nitrogens with zero attached hydrogens (tertiary/aromatic N) is 2. The second-order valence-electron chi connectivity index (χ2n) is 6.52. The molecule has 1 fully saturated rings. The topological polar surface area (TPSA) is 119 Å². The van der Waals surface area contributed by atoms with Gasteiger partial charge in [0, 0.05) is 36.8 Å². The molecule has 1 aliphatic heterocycles. The molecule has 1 aliphatic rings. The Labute approximate surface area is 158 Å². The van der Waals surface area contributed by atoms with Crippen LogP contribution in [0.3, 0.4) is 0 Å². The van der Waals surface area contributed by atoms with Crippen LogP contribution in [0.15, 0.2) is 24.3 Å². The summed E-state index contributed by atoms with van der Waals surface area (Å²) in [4.78, 5) is 36.7. The van der Waals surface area contributed by atoms with E-state index in [1.54, 1.807) is 11.8 Å². The van der Waals surface area contributed by atoms with Crippen molar-refractivity contribution in [3.05, 3.63) is 39.9 Å². The predicted molar refractivity (Wildman–Crippen MR) is 100 cm³/mol. The predicted octanol–water partition coefficient (Wildman–Crippen LogP) is 1.72. The Morgan fingerprint density at radius 1 is 1.31 bits per heavy atom. The minimum atomic E-state index is -0.696. The van der Waals surface area contributed by atoms with Crippen LogP contribution in [0.4, 0.5) is 5.69 Å². The lowest BCUT2D eigenvalue weighted by atomic mass is 9.91. The van der Waals surface area contributed by atoms with Crippen molar-refractivity contribution in [3.8, 4) is 0 Å². The Hall–Kier alpha value is -2.19. The van der Waals surface area contributed by atoms with E-state index < -0.39 is 16.9 Å². The highest BCUT2D eigenvalue weighted by atomic mass is 35.5. The van der Waals surface area contributed by atoms with Crippen LogP contribution in [0, 0.1) is 16.0 Å². The molecule has 3 N–H and O–H groups in total. The van der Waals surface area contributed by atoms with Gasteiger partial charge in [0.05, 0.1) is 4.92 Å². The highest BCUT2D eigenvalue weighted by Crippen LogP contribution is 2.20. The number of benzene rings is 1. The molecule has 1 heterocycles. The maximum atomic E-state index is 12.5. The highest BCUT2D eigenvalue weighted by molar-refractivity contribution is 5.97. The highest BCUT2D eigenvalue weighted by Gasteiger charge is 2.28. The van der Waals surface area contributed by atoms with Gasteiger partial charge in [-0.15, -0.1) is 12.4 Å². The first-order chi connectivity index (χ1) is 11.8. The molecule has 0 radical (unpaired) electrons. The first-order valence-electron chi connectivity index (χ1n) is 8.39. The number of nitrogens with one attached hydrogen (secondary N) is 1. The lowest BCUT2D eigenvalue weighted by Gasteiger charge is -2.35. The summed E-state index contributed by atoms with van der Waals surface area (Å²) in [5.41, 5.74) is 5.90. The number of nitro benzene ring substituents is 1. The first-order valence-corrected chi connectivity index (χ1v) is 8.39. The molecule has 2 unspecified atom stereocenters. The van der Waals surface area contributed by atoms with Crippen molar-refractivity contribution in [1.29, 1.82) is 0 Å². The number of carbonyl (C=O) groups excluding carboxylic acids is 2. The fraction of sp³-hybridized carbons (Fsp3) is 0.529. The maximum Gasteiger partial charge on any atom is 0.270 e. The number of rotatable bonds is 5. The number of carbonyl (C=O) groups is 2. The SMILES string of the molecule is CC(NC(=O)c1cccc([N+](=O)[O-])c1)C(=O)N1CCC(C(C)N)CC1.Cl. The normalized spacial score (nSPS) is 17.0. The van der Waals surface area contributed by atoms with Gasteiger partial charge in [-0.2, -0.15) is 0 Å². The van der Waals surface area contributed by atoms with E-state index in [0.29, 0.717) is 19.0 Å². The molecule has 26 heavy (non-hydrogen) atoms. The molecule has 9 heteroatoms. The van der Waals surface area contributed by atoms with Gasteiger partial charge in [0.1, 0.15) is 6.04 Å². The van der Waals surface area contributed by atoms with E-state index in [-0.39, 0.29) is 35.6 Å². The zero-order chi connectivity index (χ0) is 18.6. The second kappa shape index (κ2) is 9.49. The van der Waals surface area contributed by atoms with Gasteiger partial charge in [-0.3, -0.25) is 19.7 Å². The molecule has 2 amide bonds. The first kappa shape index (κ1) is 21.9. The van der Waals surface area contributed by atoms with Crippen molar-refractivity contribution >= 4 is 29.9 Å². The van der Waals surface area contributed by atoms with Crippen LogP contribution >= 0.6 is 12.4 Å². The van der Waals surface area contributed by atoms with Crippen molar-refractivity contribution in [1.82, 2.24) is 10.2 Å². The van der Waals surface area contributed by atoms with Crippen molar-refractivity contribution in [2.75, 3.05) is 13.1 Å². The molecule has 2 rings (SSSR count). The minimum absolute atomic E-state index is 0. The van der Waals surface area contributed by atoms with Crippen LogP contribution in [0.25, 0.3) is 0 Å². The van der Waals surface area contributed by atoms with Crippen LogP contribution < -0.4 is 11.1 Å². The summed E-state index contributed by atoms with van der Waals surface area (Å²) in [5, 5.41) is 13.4.